The number of hydrogen-bond donors (Lipinski definition) is 0. The first kappa shape index (κ1) is 14.2. The Balaban J connectivity index is 2.43. The van der Waals surface area contributed by atoms with Gasteiger partial charge in [0, 0.05) is 0 Å². The van der Waals surface area contributed by atoms with Crippen LogP contribution in [0.3, 0.4) is 0 Å². The van der Waals surface area contributed by atoms with Crippen LogP contribution in [0, 0.1) is 0 Å². The van der Waals surface area contributed by atoms with Crippen molar-refractivity contribution in [2.75, 3.05) is 0 Å². The van der Waals surface area contributed by atoms with Crippen LogP contribution in [-0.2, 0) is 5.88 Å². The van der Waals surface area contributed by atoms with Crippen molar-refractivity contribution in [1.82, 2.24) is 9.55 Å². The van der Waals surface area contributed by atoms with Crippen molar-refractivity contribution in [2.45, 2.75) is 5.88 Å². The zero-order valence-corrected chi connectivity index (χ0v) is 13.9. The van der Waals surface area contributed by atoms with Crippen LogP contribution in [0.15, 0.2) is 40.9 Å². The first-order valence-corrected chi connectivity index (χ1v) is 7.88. The zero-order valence-electron chi connectivity index (χ0n) is 10.1. The molecule has 0 saturated carbocycles. The zero-order chi connectivity index (χ0) is 14.3. The molecule has 102 valence electrons. The minimum atomic E-state index is 0.282. The molecule has 0 bridgehead atoms. The van der Waals surface area contributed by atoms with Crippen molar-refractivity contribution in [1.29, 1.82) is 0 Å². The molecular formula is C14H8BrCl3N2. The van der Waals surface area contributed by atoms with Crippen molar-refractivity contribution in [3.8, 4) is 5.69 Å². The number of alkyl halides is 1. The summed E-state index contributed by atoms with van der Waals surface area (Å²) in [5.41, 5.74) is 2.50. The molecule has 2 aromatic carbocycles. The molecule has 0 spiro atoms. The second-order valence-electron chi connectivity index (χ2n) is 4.18. The molecule has 0 atom stereocenters. The highest BCUT2D eigenvalue weighted by Crippen LogP contribution is 2.34. The van der Waals surface area contributed by atoms with E-state index in [-0.39, 0.29) is 5.88 Å². The Morgan fingerprint density at radius 3 is 2.50 bits per heavy atom. The van der Waals surface area contributed by atoms with Gasteiger partial charge in [-0.25, -0.2) is 4.98 Å². The van der Waals surface area contributed by atoms with Crippen molar-refractivity contribution in [3.63, 3.8) is 0 Å². The monoisotopic (exact) mass is 388 g/mol. The van der Waals surface area contributed by atoms with Gasteiger partial charge in [-0.05, 0) is 40.2 Å². The highest BCUT2D eigenvalue weighted by molar-refractivity contribution is 9.10. The van der Waals surface area contributed by atoms with E-state index in [2.05, 4.69) is 20.9 Å². The van der Waals surface area contributed by atoms with Crippen LogP contribution in [-0.4, -0.2) is 9.55 Å². The average molecular weight is 390 g/mol. The third kappa shape index (κ3) is 2.23. The lowest BCUT2D eigenvalue weighted by atomic mass is 10.2. The van der Waals surface area contributed by atoms with Crippen LogP contribution in [0.2, 0.25) is 10.0 Å². The van der Waals surface area contributed by atoms with Gasteiger partial charge in [-0.2, -0.15) is 0 Å². The molecular weight excluding hydrogens is 382 g/mol. The molecule has 0 unspecified atom stereocenters. The number of aromatic nitrogens is 2. The summed E-state index contributed by atoms with van der Waals surface area (Å²) in [7, 11) is 0. The highest BCUT2D eigenvalue weighted by Gasteiger charge is 2.17. The van der Waals surface area contributed by atoms with Crippen LogP contribution in [0.25, 0.3) is 16.7 Å². The van der Waals surface area contributed by atoms with Crippen molar-refractivity contribution in [2.24, 2.45) is 0 Å². The SMILES string of the molecule is ClCc1nc2cccc(Cl)c2n1-c1cccc(Cl)c1Br. The van der Waals surface area contributed by atoms with E-state index in [1.54, 1.807) is 0 Å². The lowest BCUT2D eigenvalue weighted by Gasteiger charge is -2.11. The lowest BCUT2D eigenvalue weighted by molar-refractivity contribution is 0.977. The molecule has 0 radical (unpaired) electrons. The summed E-state index contributed by atoms with van der Waals surface area (Å²) in [5.74, 6) is 1.00. The minimum absolute atomic E-state index is 0.282. The van der Waals surface area contributed by atoms with E-state index < -0.39 is 0 Å². The third-order valence-corrected chi connectivity index (χ3v) is 4.91. The normalized spacial score (nSPS) is 11.2. The molecule has 1 aromatic heterocycles. The van der Waals surface area contributed by atoms with Gasteiger partial charge in [-0.15, -0.1) is 11.6 Å². The largest absolute Gasteiger partial charge is 0.293 e. The third-order valence-electron chi connectivity index (χ3n) is 2.99. The van der Waals surface area contributed by atoms with E-state index in [9.17, 15) is 0 Å². The summed E-state index contributed by atoms with van der Waals surface area (Å²) in [6.07, 6.45) is 0. The standard InChI is InChI=1S/C14H8BrCl3N2/c15-13-8(17)3-2-6-11(13)20-12(7-16)19-10-5-1-4-9(18)14(10)20/h1-6H,7H2. The molecule has 1 heterocycles. The first-order valence-electron chi connectivity index (χ1n) is 5.79. The number of nitrogens with zero attached hydrogens (tertiary/aromatic N) is 2. The fourth-order valence-electron chi connectivity index (χ4n) is 2.15. The van der Waals surface area contributed by atoms with Crippen LogP contribution < -0.4 is 0 Å². The molecule has 0 aliphatic heterocycles. The Morgan fingerprint density at radius 1 is 1.05 bits per heavy atom. The van der Waals surface area contributed by atoms with Crippen LogP contribution in [0.5, 0.6) is 0 Å². The molecule has 3 rings (SSSR count). The Morgan fingerprint density at radius 2 is 1.75 bits per heavy atom. The van der Waals surface area contributed by atoms with Gasteiger partial charge in [-0.3, -0.25) is 4.57 Å². The van der Waals surface area contributed by atoms with Crippen molar-refractivity contribution >= 4 is 61.8 Å². The molecule has 6 heteroatoms. The Labute approximate surface area is 139 Å². The Hall–Kier alpha value is -0.740. The maximum atomic E-state index is 6.32. The number of benzene rings is 2. The van der Waals surface area contributed by atoms with E-state index in [1.807, 2.05) is 41.0 Å². The van der Waals surface area contributed by atoms with Crippen molar-refractivity contribution < 1.29 is 0 Å². The molecule has 0 fully saturated rings. The quantitative estimate of drug-likeness (QED) is 0.503. The summed E-state index contributed by atoms with van der Waals surface area (Å²) in [5, 5.41) is 1.25. The Bertz CT molecular complexity index is 798. The number of fused-ring (bicyclic) bond motifs is 1. The number of imidazole rings is 1. The van der Waals surface area contributed by atoms with Gasteiger partial charge in [0.15, 0.2) is 0 Å². The number of rotatable bonds is 2. The van der Waals surface area contributed by atoms with Crippen LogP contribution >= 0.6 is 50.7 Å². The number of hydrogen-bond acceptors (Lipinski definition) is 1. The maximum Gasteiger partial charge on any atom is 0.129 e. The predicted molar refractivity (Wildman–Crippen MR) is 88.3 cm³/mol. The van der Waals surface area contributed by atoms with Crippen LogP contribution in [0.4, 0.5) is 0 Å². The summed E-state index contributed by atoms with van der Waals surface area (Å²) < 4.78 is 2.72. The van der Waals surface area contributed by atoms with Gasteiger partial charge in [0.25, 0.3) is 0 Å². The molecule has 0 aliphatic carbocycles. The second kappa shape index (κ2) is 5.57. The average Bonchev–Trinajstić information content (AvgIpc) is 2.82. The predicted octanol–water partition coefficient (Wildman–Crippen LogP) is 5.83. The minimum Gasteiger partial charge on any atom is -0.293 e. The van der Waals surface area contributed by atoms with Gasteiger partial charge in [-0.1, -0.05) is 35.3 Å². The molecule has 0 aliphatic rings. The van der Waals surface area contributed by atoms with Gasteiger partial charge in [0.2, 0.25) is 0 Å². The second-order valence-corrected chi connectivity index (χ2v) is 6.05. The maximum absolute atomic E-state index is 6.32. The fourth-order valence-corrected chi connectivity index (χ4v) is 3.19. The highest BCUT2D eigenvalue weighted by atomic mass is 79.9. The van der Waals surface area contributed by atoms with E-state index in [0.29, 0.717) is 10.0 Å². The molecule has 2 nitrogen and oxygen atoms in total. The summed E-state index contributed by atoms with van der Waals surface area (Å²) in [6.45, 7) is 0. The van der Waals surface area contributed by atoms with E-state index >= 15 is 0 Å². The molecule has 0 amide bonds. The van der Waals surface area contributed by atoms with Crippen molar-refractivity contribution in [3.05, 3.63) is 56.7 Å². The summed E-state index contributed by atoms with van der Waals surface area (Å²) in [4.78, 5) is 4.52. The molecule has 0 saturated heterocycles. The fraction of sp³-hybridized carbons (Fsp3) is 0.0714. The first-order chi connectivity index (χ1) is 9.63. The van der Waals surface area contributed by atoms with Crippen LogP contribution in [0.1, 0.15) is 5.82 Å². The van der Waals surface area contributed by atoms with Gasteiger partial charge in [0.05, 0.1) is 37.1 Å². The number of para-hydroxylation sites is 1. The van der Waals surface area contributed by atoms with Gasteiger partial charge >= 0.3 is 0 Å². The smallest absolute Gasteiger partial charge is 0.129 e. The summed E-state index contributed by atoms with van der Waals surface area (Å²) >= 11 is 22.0. The number of halogens is 4. The molecule has 0 N–H and O–H groups in total. The Kier molecular flexibility index (Phi) is 3.95. The van der Waals surface area contributed by atoms with E-state index in [1.165, 1.54) is 0 Å². The van der Waals surface area contributed by atoms with E-state index in [0.717, 1.165) is 27.0 Å². The summed E-state index contributed by atoms with van der Waals surface area (Å²) in [6, 6.07) is 11.2. The topological polar surface area (TPSA) is 17.8 Å². The molecule has 20 heavy (non-hydrogen) atoms. The lowest BCUT2D eigenvalue weighted by Crippen LogP contribution is -2.00. The van der Waals surface area contributed by atoms with E-state index in [4.69, 9.17) is 34.8 Å². The van der Waals surface area contributed by atoms with Gasteiger partial charge in [0.1, 0.15) is 5.82 Å². The molecule has 3 aromatic rings. The van der Waals surface area contributed by atoms with Gasteiger partial charge < -0.3 is 0 Å².